The highest BCUT2D eigenvalue weighted by molar-refractivity contribution is 7.12. The Morgan fingerprint density at radius 2 is 1.81 bits per heavy atom. The van der Waals surface area contributed by atoms with Crippen LogP contribution in [-0.4, -0.2) is 57.9 Å². The molecule has 1 N–H and O–H groups in total. The highest BCUT2D eigenvalue weighted by Crippen LogP contribution is 2.40. The molecule has 1 aliphatic rings. The molecule has 9 nitrogen and oxygen atoms in total. The monoisotopic (exact) mass is 448 g/mol. The van der Waals surface area contributed by atoms with Crippen molar-refractivity contribution in [1.82, 2.24) is 4.90 Å². The van der Waals surface area contributed by atoms with Gasteiger partial charge in [0, 0.05) is 6.54 Å². The molecule has 0 saturated heterocycles. The zero-order valence-electron chi connectivity index (χ0n) is 17.7. The first-order chi connectivity index (χ1) is 14.9. The van der Waals surface area contributed by atoms with E-state index in [-0.39, 0.29) is 6.42 Å². The second-order valence-corrected chi connectivity index (χ2v) is 7.65. The first-order valence-corrected chi connectivity index (χ1v) is 10.4. The lowest BCUT2D eigenvalue weighted by molar-refractivity contribution is -0.141. The Labute approximate surface area is 183 Å². The second kappa shape index (κ2) is 9.69. The number of amides is 2. The van der Waals surface area contributed by atoms with E-state index < -0.39 is 24.0 Å². The number of nitrogens with one attached hydrogen (secondary N) is 1. The quantitative estimate of drug-likeness (QED) is 0.677. The van der Waals surface area contributed by atoms with Gasteiger partial charge in [0.05, 0.1) is 46.6 Å². The Morgan fingerprint density at radius 3 is 2.45 bits per heavy atom. The summed E-state index contributed by atoms with van der Waals surface area (Å²) in [7, 11) is 5.67. The van der Waals surface area contributed by atoms with Gasteiger partial charge in [-0.25, -0.2) is 9.59 Å². The molecule has 0 spiro atoms. The van der Waals surface area contributed by atoms with Crippen molar-refractivity contribution in [3.63, 3.8) is 0 Å². The van der Waals surface area contributed by atoms with Crippen LogP contribution in [-0.2, 0) is 20.7 Å². The molecule has 166 valence electrons. The minimum Gasteiger partial charge on any atom is -0.493 e. The molecule has 3 rings (SSSR count). The number of carbonyl (C=O) groups is 3. The Balaban J connectivity index is 1.94. The fraction of sp³-hybridized carbons (Fsp3) is 0.381. The molecule has 31 heavy (non-hydrogen) atoms. The average Bonchev–Trinajstić information content (AvgIpc) is 3.25. The van der Waals surface area contributed by atoms with Crippen molar-refractivity contribution < 1.29 is 33.3 Å². The summed E-state index contributed by atoms with van der Waals surface area (Å²) in [5.74, 6) is 0.106. The van der Waals surface area contributed by atoms with Gasteiger partial charge >= 0.3 is 18.0 Å². The number of anilines is 1. The van der Waals surface area contributed by atoms with Crippen molar-refractivity contribution in [3.8, 4) is 11.5 Å². The second-order valence-electron chi connectivity index (χ2n) is 6.73. The van der Waals surface area contributed by atoms with E-state index in [9.17, 15) is 14.4 Å². The van der Waals surface area contributed by atoms with Gasteiger partial charge in [0.2, 0.25) is 0 Å². The molecule has 0 fully saturated rings. The van der Waals surface area contributed by atoms with Gasteiger partial charge in [0.1, 0.15) is 4.88 Å². The molecule has 1 aromatic heterocycles. The molecular weight excluding hydrogens is 424 g/mol. The number of hydrogen-bond donors (Lipinski definition) is 1. The van der Waals surface area contributed by atoms with E-state index in [1.165, 1.54) is 32.7 Å². The third kappa shape index (κ3) is 4.58. The molecule has 1 aromatic carbocycles. The number of benzene rings is 1. The van der Waals surface area contributed by atoms with Crippen LogP contribution in [0.4, 0.5) is 10.5 Å². The molecule has 2 aromatic rings. The largest absolute Gasteiger partial charge is 0.493 e. The molecule has 0 saturated carbocycles. The maximum absolute atomic E-state index is 13.2. The van der Waals surface area contributed by atoms with Crippen LogP contribution in [0.3, 0.4) is 0 Å². The van der Waals surface area contributed by atoms with Gasteiger partial charge in [-0.2, -0.15) is 0 Å². The average molecular weight is 448 g/mol. The van der Waals surface area contributed by atoms with Crippen LogP contribution in [0.25, 0.3) is 0 Å². The van der Waals surface area contributed by atoms with Crippen LogP contribution in [0, 0.1) is 0 Å². The molecule has 0 aliphatic carbocycles. The normalized spacial score (nSPS) is 15.0. The summed E-state index contributed by atoms with van der Waals surface area (Å²) in [6, 6.07) is 4.28. The molecule has 0 bridgehead atoms. The van der Waals surface area contributed by atoms with Crippen LogP contribution in [0.1, 0.15) is 33.3 Å². The predicted octanol–water partition coefficient (Wildman–Crippen LogP) is 3.25. The molecule has 2 amide bonds. The number of carbonyl (C=O) groups excluding carboxylic acids is 3. The lowest BCUT2D eigenvalue weighted by atomic mass is 9.90. The number of esters is 2. The smallest absolute Gasteiger partial charge is 0.350 e. The van der Waals surface area contributed by atoms with Gasteiger partial charge in [-0.15, -0.1) is 11.3 Å². The lowest BCUT2D eigenvalue weighted by Crippen LogP contribution is -2.43. The van der Waals surface area contributed by atoms with E-state index in [0.717, 1.165) is 11.1 Å². The number of ether oxygens (including phenoxy) is 4. The van der Waals surface area contributed by atoms with Crippen LogP contribution >= 0.6 is 11.3 Å². The Morgan fingerprint density at radius 1 is 1.10 bits per heavy atom. The van der Waals surface area contributed by atoms with E-state index in [1.54, 1.807) is 29.5 Å². The van der Waals surface area contributed by atoms with Crippen LogP contribution < -0.4 is 14.8 Å². The number of urea groups is 1. The fourth-order valence-corrected chi connectivity index (χ4v) is 4.34. The van der Waals surface area contributed by atoms with Gasteiger partial charge in [-0.05, 0) is 41.1 Å². The van der Waals surface area contributed by atoms with Crippen molar-refractivity contribution in [2.75, 3.05) is 40.3 Å². The minimum atomic E-state index is -0.573. The van der Waals surface area contributed by atoms with Gasteiger partial charge < -0.3 is 29.2 Å². The van der Waals surface area contributed by atoms with Gasteiger partial charge in [0.25, 0.3) is 0 Å². The summed E-state index contributed by atoms with van der Waals surface area (Å²) in [5.41, 5.74) is 2.10. The summed E-state index contributed by atoms with van der Waals surface area (Å²) in [6.45, 7) is 0.369. The van der Waals surface area contributed by atoms with Crippen molar-refractivity contribution >= 4 is 35.0 Å². The standard InChI is InChI=1S/C21H24N2O7S/c1-27-16-9-12-5-7-23(15(11-18(24)29-3)13(12)10-17(16)28-2)21(26)22-14-6-8-31-19(14)20(25)30-4/h6,8-10,15H,5,7,11H2,1-4H3,(H,22,26). The Bertz CT molecular complexity index is 988. The predicted molar refractivity (Wildman–Crippen MR) is 114 cm³/mol. The Hall–Kier alpha value is -3.27. The third-order valence-corrected chi connectivity index (χ3v) is 6.02. The van der Waals surface area contributed by atoms with Crippen LogP contribution in [0.15, 0.2) is 23.6 Å². The van der Waals surface area contributed by atoms with Gasteiger partial charge in [0.15, 0.2) is 11.5 Å². The third-order valence-electron chi connectivity index (χ3n) is 5.13. The number of fused-ring (bicyclic) bond motifs is 1. The van der Waals surface area contributed by atoms with Gasteiger partial charge in [-0.3, -0.25) is 4.79 Å². The fourth-order valence-electron chi connectivity index (χ4n) is 3.58. The maximum Gasteiger partial charge on any atom is 0.350 e. The summed E-state index contributed by atoms with van der Waals surface area (Å²) < 4.78 is 20.4. The van der Waals surface area contributed by atoms with Gasteiger partial charge in [-0.1, -0.05) is 0 Å². The highest BCUT2D eigenvalue weighted by atomic mass is 32.1. The van der Waals surface area contributed by atoms with E-state index in [2.05, 4.69) is 5.32 Å². The number of thiophene rings is 1. The van der Waals surface area contributed by atoms with E-state index in [4.69, 9.17) is 18.9 Å². The SMILES string of the molecule is COC(=O)CC1c2cc(OC)c(OC)cc2CCN1C(=O)Nc1ccsc1C(=O)OC. The summed E-state index contributed by atoms with van der Waals surface area (Å²) >= 11 is 1.17. The lowest BCUT2D eigenvalue weighted by Gasteiger charge is -2.37. The minimum absolute atomic E-state index is 0.0279. The van der Waals surface area contributed by atoms with Crippen molar-refractivity contribution in [2.45, 2.75) is 18.9 Å². The molecule has 10 heteroatoms. The summed E-state index contributed by atoms with van der Waals surface area (Å²) in [5, 5.41) is 4.46. The van der Waals surface area contributed by atoms with Crippen LogP contribution in [0.5, 0.6) is 11.5 Å². The molecule has 0 radical (unpaired) electrons. The Kier molecular flexibility index (Phi) is 7.01. The number of hydrogen-bond acceptors (Lipinski definition) is 8. The highest BCUT2D eigenvalue weighted by Gasteiger charge is 2.34. The summed E-state index contributed by atoms with van der Waals surface area (Å²) in [4.78, 5) is 39.1. The zero-order valence-corrected chi connectivity index (χ0v) is 18.5. The van der Waals surface area contributed by atoms with Crippen molar-refractivity contribution in [3.05, 3.63) is 39.6 Å². The zero-order chi connectivity index (χ0) is 22.5. The first kappa shape index (κ1) is 22.4. The molecule has 1 unspecified atom stereocenters. The van der Waals surface area contributed by atoms with Crippen LogP contribution in [0.2, 0.25) is 0 Å². The maximum atomic E-state index is 13.2. The van der Waals surface area contributed by atoms with Crippen molar-refractivity contribution in [2.24, 2.45) is 0 Å². The number of methoxy groups -OCH3 is 4. The first-order valence-electron chi connectivity index (χ1n) is 9.48. The summed E-state index contributed by atoms with van der Waals surface area (Å²) in [6.07, 6.45) is 0.536. The van der Waals surface area contributed by atoms with Crippen molar-refractivity contribution in [1.29, 1.82) is 0 Å². The molecule has 1 atom stereocenters. The molecule has 1 aliphatic heterocycles. The molecule has 2 heterocycles. The molecular formula is C21H24N2O7S. The topological polar surface area (TPSA) is 103 Å². The van der Waals surface area contributed by atoms with E-state index >= 15 is 0 Å². The van der Waals surface area contributed by atoms with E-state index in [1.807, 2.05) is 6.07 Å². The number of nitrogens with zero attached hydrogens (tertiary/aromatic N) is 1. The van der Waals surface area contributed by atoms with E-state index in [0.29, 0.717) is 35.0 Å². The number of rotatable bonds is 6.